The van der Waals surface area contributed by atoms with E-state index in [0.29, 0.717) is 10.0 Å². The van der Waals surface area contributed by atoms with Gasteiger partial charge in [0.2, 0.25) is 5.91 Å². The van der Waals surface area contributed by atoms with Gasteiger partial charge in [-0.1, -0.05) is 35.6 Å². The van der Waals surface area contributed by atoms with Gasteiger partial charge in [0.15, 0.2) is 10.6 Å². The second-order valence-corrected chi connectivity index (χ2v) is 10.0. The van der Waals surface area contributed by atoms with Crippen LogP contribution in [0, 0.1) is 6.92 Å². The van der Waals surface area contributed by atoms with E-state index in [4.69, 9.17) is 0 Å². The zero-order chi connectivity index (χ0) is 21.4. The zero-order valence-electron chi connectivity index (χ0n) is 16.5. The Hall–Kier alpha value is -2.88. The van der Waals surface area contributed by atoms with Crippen molar-refractivity contribution in [2.75, 3.05) is 21.3 Å². The highest BCUT2D eigenvalue weighted by atomic mass is 32.2. The molecule has 1 aliphatic rings. The molecule has 0 unspecified atom stereocenters. The Bertz CT molecular complexity index is 1270. The summed E-state index contributed by atoms with van der Waals surface area (Å²) in [5.74, 6) is -0.0311. The number of nitrogens with one attached hydrogen (secondary N) is 2. The maximum atomic E-state index is 13.1. The second-order valence-electron chi connectivity index (χ2n) is 7.02. The summed E-state index contributed by atoms with van der Waals surface area (Å²) in [6.45, 7) is 2.03. The molecule has 1 aliphatic heterocycles. The molecule has 0 fully saturated rings. The smallest absolute Gasteiger partial charge is 0.272 e. The number of hydrogen-bond donors (Lipinski definition) is 2. The highest BCUT2D eigenvalue weighted by Crippen LogP contribution is 2.36. The summed E-state index contributed by atoms with van der Waals surface area (Å²) < 4.78 is 1.04. The van der Waals surface area contributed by atoms with E-state index in [9.17, 15) is 9.59 Å². The van der Waals surface area contributed by atoms with Gasteiger partial charge in [0, 0.05) is 5.69 Å². The molecule has 6 nitrogen and oxygen atoms in total. The average molecular weight is 467 g/mol. The number of anilines is 3. The van der Waals surface area contributed by atoms with Gasteiger partial charge in [0.05, 0.1) is 21.7 Å². The molecule has 2 amide bonds. The van der Waals surface area contributed by atoms with E-state index in [2.05, 4.69) is 21.7 Å². The number of fused-ring (bicyclic) bond motifs is 2. The van der Waals surface area contributed by atoms with E-state index in [1.54, 1.807) is 4.90 Å². The lowest BCUT2D eigenvalue weighted by molar-refractivity contribution is -0.113. The number of aryl methyl sites for hydroxylation is 1. The van der Waals surface area contributed by atoms with E-state index in [0.717, 1.165) is 27.2 Å². The number of rotatable bonds is 5. The van der Waals surface area contributed by atoms with E-state index in [1.807, 2.05) is 60.8 Å². The van der Waals surface area contributed by atoms with Gasteiger partial charge in [0.1, 0.15) is 4.88 Å². The van der Waals surface area contributed by atoms with Crippen molar-refractivity contribution in [1.29, 1.82) is 0 Å². The molecule has 0 saturated carbocycles. The Labute approximate surface area is 191 Å². The Morgan fingerprint density at radius 1 is 1.23 bits per heavy atom. The molecule has 2 aromatic heterocycles. The number of thiophene rings is 1. The van der Waals surface area contributed by atoms with Crippen molar-refractivity contribution in [2.45, 2.75) is 12.4 Å². The fraction of sp³-hybridized carbons (Fsp3) is 0.136. The summed E-state index contributed by atoms with van der Waals surface area (Å²) in [4.78, 5) is 32.6. The number of benzene rings is 2. The maximum absolute atomic E-state index is 13.1. The summed E-state index contributed by atoms with van der Waals surface area (Å²) in [5.41, 5.74) is 3.24. The number of carbonyl (C=O) groups excluding carboxylic acids is 2. The molecule has 0 spiro atoms. The molecule has 2 aromatic carbocycles. The lowest BCUT2D eigenvalue weighted by atomic mass is 10.2. The lowest BCUT2D eigenvalue weighted by Crippen LogP contribution is -2.47. The Morgan fingerprint density at radius 3 is 2.90 bits per heavy atom. The molecule has 0 saturated heterocycles. The third-order valence-corrected chi connectivity index (χ3v) is 7.70. The maximum Gasteiger partial charge on any atom is 0.272 e. The molecule has 156 valence electrons. The minimum atomic E-state index is -0.388. The third-order valence-electron chi connectivity index (χ3n) is 4.79. The van der Waals surface area contributed by atoms with Gasteiger partial charge in [-0.05, 0) is 48.2 Å². The normalized spacial score (nSPS) is 15.6. The molecule has 2 N–H and O–H groups in total. The first-order chi connectivity index (χ1) is 15.1. The molecule has 31 heavy (non-hydrogen) atoms. The molecule has 0 radical (unpaired) electrons. The predicted octanol–water partition coefficient (Wildman–Crippen LogP) is 5.39. The lowest BCUT2D eigenvalue weighted by Gasteiger charge is -2.36. The number of aromatic nitrogens is 1. The van der Waals surface area contributed by atoms with Crippen LogP contribution in [0.15, 0.2) is 60.0 Å². The molecule has 4 aromatic rings. The number of thiazole rings is 1. The summed E-state index contributed by atoms with van der Waals surface area (Å²) in [5, 5.41) is 8.76. The van der Waals surface area contributed by atoms with Crippen molar-refractivity contribution in [1.82, 2.24) is 4.98 Å². The van der Waals surface area contributed by atoms with Crippen LogP contribution in [-0.2, 0) is 4.79 Å². The second kappa shape index (κ2) is 8.33. The van der Waals surface area contributed by atoms with Gasteiger partial charge >= 0.3 is 0 Å². The summed E-state index contributed by atoms with van der Waals surface area (Å²) >= 11 is 4.24. The van der Waals surface area contributed by atoms with Gasteiger partial charge in [-0.15, -0.1) is 23.1 Å². The van der Waals surface area contributed by atoms with Crippen molar-refractivity contribution in [2.24, 2.45) is 0 Å². The molecular weight excluding hydrogens is 448 g/mol. The standard InChI is InChI=1S/C22H18N4O2S3/c1-13-7-8-15-17(11-13)31-21(23-15)25-18(27)12-30-22-24-16-9-10-29-19(16)20(28)26(22)14-5-3-2-4-6-14/h2-11,22,24H,12H2,1H3,(H,23,25,27)/t22-/m0/s1. The SMILES string of the molecule is Cc1ccc2nc(NC(=O)CS[C@H]3Nc4ccsc4C(=O)N3c3ccccc3)sc2c1. The molecular formula is C22H18N4O2S3. The minimum Gasteiger partial charge on any atom is -0.355 e. The van der Waals surface area contributed by atoms with Crippen LogP contribution >= 0.6 is 34.4 Å². The molecule has 9 heteroatoms. The van der Waals surface area contributed by atoms with Crippen molar-refractivity contribution in [3.05, 3.63) is 70.4 Å². The van der Waals surface area contributed by atoms with Crippen LogP contribution in [0.25, 0.3) is 10.2 Å². The van der Waals surface area contributed by atoms with E-state index in [-0.39, 0.29) is 23.1 Å². The first-order valence-corrected chi connectivity index (χ1v) is 12.3. The van der Waals surface area contributed by atoms with Crippen molar-refractivity contribution in [3.63, 3.8) is 0 Å². The number of carbonyl (C=O) groups is 2. The summed E-state index contributed by atoms with van der Waals surface area (Å²) in [6, 6.07) is 17.4. The first kappa shape index (κ1) is 20.0. The van der Waals surface area contributed by atoms with Crippen molar-refractivity contribution in [3.8, 4) is 0 Å². The zero-order valence-corrected chi connectivity index (χ0v) is 18.9. The summed E-state index contributed by atoms with van der Waals surface area (Å²) in [6.07, 6.45) is 0. The van der Waals surface area contributed by atoms with Crippen molar-refractivity contribution < 1.29 is 9.59 Å². The number of para-hydroxylation sites is 1. The molecule has 1 atom stereocenters. The van der Waals surface area contributed by atoms with Crippen LogP contribution in [-0.4, -0.2) is 28.0 Å². The highest BCUT2D eigenvalue weighted by molar-refractivity contribution is 8.00. The fourth-order valence-corrected chi connectivity index (χ4v) is 6.09. The number of nitrogens with zero attached hydrogens (tertiary/aromatic N) is 2. The fourth-order valence-electron chi connectivity index (χ4n) is 3.35. The van der Waals surface area contributed by atoms with E-state index in [1.165, 1.54) is 34.4 Å². The third kappa shape index (κ3) is 4.04. The van der Waals surface area contributed by atoms with Crippen molar-refractivity contribution >= 4 is 73.0 Å². The van der Waals surface area contributed by atoms with Crippen LogP contribution in [0.1, 0.15) is 15.2 Å². The first-order valence-electron chi connectivity index (χ1n) is 9.60. The molecule has 0 aliphatic carbocycles. The highest BCUT2D eigenvalue weighted by Gasteiger charge is 2.34. The Morgan fingerprint density at radius 2 is 2.06 bits per heavy atom. The topological polar surface area (TPSA) is 74.3 Å². The van der Waals surface area contributed by atoms with Crippen LogP contribution in [0.5, 0.6) is 0 Å². The predicted molar refractivity (Wildman–Crippen MR) is 130 cm³/mol. The largest absolute Gasteiger partial charge is 0.355 e. The van der Waals surface area contributed by atoms with Crippen LogP contribution in [0.4, 0.5) is 16.5 Å². The van der Waals surface area contributed by atoms with E-state index < -0.39 is 0 Å². The summed E-state index contributed by atoms with van der Waals surface area (Å²) in [7, 11) is 0. The van der Waals surface area contributed by atoms with Crippen LogP contribution in [0.3, 0.4) is 0 Å². The van der Waals surface area contributed by atoms with Gasteiger partial charge in [0.25, 0.3) is 5.91 Å². The number of amides is 2. The van der Waals surface area contributed by atoms with Gasteiger partial charge in [-0.2, -0.15) is 0 Å². The molecule has 0 bridgehead atoms. The monoisotopic (exact) mass is 466 g/mol. The molecule has 5 rings (SSSR count). The van der Waals surface area contributed by atoms with Gasteiger partial charge in [-0.25, -0.2) is 4.98 Å². The Balaban J connectivity index is 1.31. The minimum absolute atomic E-state index is 0.0607. The quantitative estimate of drug-likeness (QED) is 0.412. The van der Waals surface area contributed by atoms with Gasteiger partial charge < -0.3 is 10.6 Å². The van der Waals surface area contributed by atoms with Gasteiger partial charge in [-0.3, -0.25) is 14.5 Å². The van der Waals surface area contributed by atoms with E-state index >= 15 is 0 Å². The van der Waals surface area contributed by atoms with Crippen LogP contribution in [0.2, 0.25) is 0 Å². The number of thioether (sulfide) groups is 1. The average Bonchev–Trinajstić information content (AvgIpc) is 3.39. The molecule has 3 heterocycles. The Kier molecular flexibility index (Phi) is 5.39. The van der Waals surface area contributed by atoms with Crippen LogP contribution < -0.4 is 15.5 Å². The number of hydrogen-bond acceptors (Lipinski definition) is 7.